The van der Waals surface area contributed by atoms with E-state index in [0.29, 0.717) is 25.4 Å². The van der Waals surface area contributed by atoms with E-state index in [1.54, 1.807) is 4.90 Å². The fourth-order valence-electron chi connectivity index (χ4n) is 5.03. The van der Waals surface area contributed by atoms with Gasteiger partial charge in [-0.3, -0.25) is 14.5 Å². The molecule has 1 aromatic rings. The third-order valence-corrected chi connectivity index (χ3v) is 7.42. The van der Waals surface area contributed by atoms with Crippen LogP contribution in [0.3, 0.4) is 0 Å². The molecule has 0 aromatic carbocycles. The lowest BCUT2D eigenvalue weighted by molar-refractivity contribution is -0.129. The number of carbonyl (C=O) groups is 2. The van der Waals surface area contributed by atoms with Crippen LogP contribution < -0.4 is 0 Å². The smallest absolute Gasteiger partial charge is 0.276 e. The fraction of sp³-hybridized carbons (Fsp3) is 0.737. The minimum atomic E-state index is -3.69. The SMILES string of the molecule is CC(C)C1C(=O)N(S(C)(=O)=O)C2CCN(C(=O)c3coc(CN4CCCC4)n3)C12. The minimum absolute atomic E-state index is 0.0850. The second-order valence-electron chi connectivity index (χ2n) is 8.62. The maximum Gasteiger partial charge on any atom is 0.276 e. The summed E-state index contributed by atoms with van der Waals surface area (Å²) in [5, 5.41) is 0. The van der Waals surface area contributed by atoms with Gasteiger partial charge in [-0.25, -0.2) is 17.7 Å². The molecule has 0 radical (unpaired) electrons. The quantitative estimate of drug-likeness (QED) is 0.692. The van der Waals surface area contributed by atoms with Gasteiger partial charge in [0, 0.05) is 6.54 Å². The number of likely N-dealkylation sites (tertiary alicyclic amines) is 2. The van der Waals surface area contributed by atoms with Crippen LogP contribution in [0.1, 0.15) is 49.5 Å². The van der Waals surface area contributed by atoms with Crippen LogP contribution in [-0.4, -0.2) is 77.3 Å². The Morgan fingerprint density at radius 3 is 2.59 bits per heavy atom. The highest BCUT2D eigenvalue weighted by Gasteiger charge is 2.58. The third kappa shape index (κ3) is 3.56. The molecule has 0 bridgehead atoms. The number of carbonyl (C=O) groups excluding carboxylic acids is 2. The molecule has 10 heteroatoms. The Bertz CT molecular complexity index is 905. The van der Waals surface area contributed by atoms with Gasteiger partial charge in [0.05, 0.1) is 30.8 Å². The molecule has 4 heterocycles. The molecule has 0 aliphatic carbocycles. The highest BCUT2D eigenvalue weighted by atomic mass is 32.2. The fourth-order valence-corrected chi connectivity index (χ4v) is 6.20. The average Bonchev–Trinajstić information content (AvgIpc) is 3.37. The highest BCUT2D eigenvalue weighted by Crippen LogP contribution is 2.41. The molecule has 3 fully saturated rings. The molecule has 3 saturated heterocycles. The summed E-state index contributed by atoms with van der Waals surface area (Å²) in [6, 6.07) is -0.978. The number of fused-ring (bicyclic) bond motifs is 1. The van der Waals surface area contributed by atoms with Crippen molar-refractivity contribution in [1.29, 1.82) is 0 Å². The number of hydrogen-bond acceptors (Lipinski definition) is 7. The number of sulfonamides is 1. The summed E-state index contributed by atoms with van der Waals surface area (Å²) in [6.45, 7) is 6.74. The zero-order chi connectivity index (χ0) is 20.9. The Hall–Kier alpha value is -1.94. The summed E-state index contributed by atoms with van der Waals surface area (Å²) < 4.78 is 31.0. The van der Waals surface area contributed by atoms with Crippen LogP contribution in [0.5, 0.6) is 0 Å². The molecular formula is C19H28N4O5S. The lowest BCUT2D eigenvalue weighted by Crippen LogP contribution is -2.44. The zero-order valence-corrected chi connectivity index (χ0v) is 17.9. The van der Waals surface area contributed by atoms with Gasteiger partial charge in [0.25, 0.3) is 5.91 Å². The normalized spacial score (nSPS) is 28.0. The molecule has 0 spiro atoms. The monoisotopic (exact) mass is 424 g/mol. The topological polar surface area (TPSA) is 104 Å². The van der Waals surface area contributed by atoms with Crippen LogP contribution in [0.15, 0.2) is 10.7 Å². The summed E-state index contributed by atoms with van der Waals surface area (Å²) in [5.41, 5.74) is 0.215. The van der Waals surface area contributed by atoms with E-state index in [-0.39, 0.29) is 17.5 Å². The van der Waals surface area contributed by atoms with Crippen molar-refractivity contribution < 1.29 is 22.4 Å². The summed E-state index contributed by atoms with van der Waals surface area (Å²) in [5.74, 6) is -0.838. The van der Waals surface area contributed by atoms with Crippen LogP contribution in [0, 0.1) is 11.8 Å². The Morgan fingerprint density at radius 1 is 1.28 bits per heavy atom. The molecule has 3 atom stereocenters. The summed E-state index contributed by atoms with van der Waals surface area (Å²) in [4.78, 5) is 34.3. The van der Waals surface area contributed by atoms with E-state index in [1.807, 2.05) is 13.8 Å². The summed E-state index contributed by atoms with van der Waals surface area (Å²) in [7, 11) is -3.69. The predicted molar refractivity (Wildman–Crippen MR) is 104 cm³/mol. The van der Waals surface area contributed by atoms with Crippen molar-refractivity contribution >= 4 is 21.8 Å². The van der Waals surface area contributed by atoms with Gasteiger partial charge in [-0.05, 0) is 38.3 Å². The Morgan fingerprint density at radius 2 is 1.97 bits per heavy atom. The number of nitrogens with zero attached hydrogens (tertiary/aromatic N) is 4. The Balaban J connectivity index is 1.57. The third-order valence-electron chi connectivity index (χ3n) is 6.26. The molecule has 3 aliphatic rings. The number of hydrogen-bond donors (Lipinski definition) is 0. The molecule has 1 aromatic heterocycles. The molecule has 2 amide bonds. The van der Waals surface area contributed by atoms with Crippen LogP contribution >= 0.6 is 0 Å². The second-order valence-corrected chi connectivity index (χ2v) is 10.5. The standard InChI is InChI=1S/C19H28N4O5S/c1-12(2)16-17-14(23(19(16)25)29(3,26)27)6-9-22(17)18(24)13-11-28-15(20-13)10-21-7-4-5-8-21/h11-12,14,16-17H,4-10H2,1-3H3. The molecule has 4 rings (SSSR count). The molecule has 160 valence electrons. The first kappa shape index (κ1) is 20.3. The van der Waals surface area contributed by atoms with Crippen molar-refractivity contribution in [3.63, 3.8) is 0 Å². The van der Waals surface area contributed by atoms with Gasteiger partial charge < -0.3 is 9.32 Å². The number of aromatic nitrogens is 1. The van der Waals surface area contributed by atoms with Gasteiger partial charge in [-0.2, -0.15) is 0 Å². The summed E-state index contributed by atoms with van der Waals surface area (Å²) >= 11 is 0. The van der Waals surface area contributed by atoms with E-state index < -0.39 is 33.9 Å². The van der Waals surface area contributed by atoms with Crippen molar-refractivity contribution in [1.82, 2.24) is 19.1 Å². The average molecular weight is 425 g/mol. The first-order valence-electron chi connectivity index (χ1n) is 10.2. The molecule has 0 saturated carbocycles. The predicted octanol–water partition coefficient (Wildman–Crippen LogP) is 0.928. The van der Waals surface area contributed by atoms with Gasteiger partial charge in [0.15, 0.2) is 5.69 Å². The van der Waals surface area contributed by atoms with E-state index in [0.717, 1.165) is 36.5 Å². The maximum atomic E-state index is 13.2. The minimum Gasteiger partial charge on any atom is -0.447 e. The van der Waals surface area contributed by atoms with E-state index in [1.165, 1.54) is 6.26 Å². The van der Waals surface area contributed by atoms with E-state index in [4.69, 9.17) is 4.42 Å². The van der Waals surface area contributed by atoms with Crippen molar-refractivity contribution in [3.05, 3.63) is 17.8 Å². The number of oxazole rings is 1. The van der Waals surface area contributed by atoms with Crippen LogP contribution in [-0.2, 0) is 21.4 Å². The van der Waals surface area contributed by atoms with Crippen molar-refractivity contribution in [2.45, 2.75) is 51.7 Å². The number of rotatable bonds is 5. The van der Waals surface area contributed by atoms with Crippen LogP contribution in [0.25, 0.3) is 0 Å². The zero-order valence-electron chi connectivity index (χ0n) is 17.1. The first-order chi connectivity index (χ1) is 13.7. The molecule has 9 nitrogen and oxygen atoms in total. The van der Waals surface area contributed by atoms with Crippen molar-refractivity contribution in [2.75, 3.05) is 25.9 Å². The Labute approximate surface area is 171 Å². The van der Waals surface area contributed by atoms with Gasteiger partial charge in [-0.1, -0.05) is 13.8 Å². The second kappa shape index (κ2) is 7.39. The molecule has 3 unspecified atom stereocenters. The van der Waals surface area contributed by atoms with Gasteiger partial charge in [0.2, 0.25) is 21.8 Å². The van der Waals surface area contributed by atoms with Crippen molar-refractivity contribution in [3.8, 4) is 0 Å². The number of amides is 2. The Kier molecular flexibility index (Phi) is 5.18. The lowest BCUT2D eigenvalue weighted by atomic mass is 9.88. The molecule has 29 heavy (non-hydrogen) atoms. The highest BCUT2D eigenvalue weighted by molar-refractivity contribution is 7.88. The summed E-state index contributed by atoms with van der Waals surface area (Å²) in [6.07, 6.45) is 5.18. The van der Waals surface area contributed by atoms with Gasteiger partial charge >= 0.3 is 0 Å². The van der Waals surface area contributed by atoms with Crippen LogP contribution in [0.4, 0.5) is 0 Å². The van der Waals surface area contributed by atoms with Crippen molar-refractivity contribution in [2.24, 2.45) is 11.8 Å². The molecule has 0 N–H and O–H groups in total. The van der Waals surface area contributed by atoms with E-state index in [9.17, 15) is 18.0 Å². The van der Waals surface area contributed by atoms with E-state index in [2.05, 4.69) is 9.88 Å². The lowest BCUT2D eigenvalue weighted by Gasteiger charge is -2.28. The largest absolute Gasteiger partial charge is 0.447 e. The molecular weight excluding hydrogens is 396 g/mol. The first-order valence-corrected chi connectivity index (χ1v) is 12.0. The molecule has 3 aliphatic heterocycles. The maximum absolute atomic E-state index is 13.2. The van der Waals surface area contributed by atoms with Gasteiger partial charge in [0.1, 0.15) is 6.26 Å². The van der Waals surface area contributed by atoms with Crippen LogP contribution in [0.2, 0.25) is 0 Å². The van der Waals surface area contributed by atoms with Gasteiger partial charge in [-0.15, -0.1) is 0 Å². The van der Waals surface area contributed by atoms with E-state index >= 15 is 0 Å².